The van der Waals surface area contributed by atoms with Crippen LogP contribution in [0.15, 0.2) is 47.5 Å². The second-order valence-corrected chi connectivity index (χ2v) is 8.42. The third kappa shape index (κ3) is 3.58. The Morgan fingerprint density at radius 2 is 2.00 bits per heavy atom. The number of nitrogens with two attached hydrogens (primary N) is 1. The lowest BCUT2D eigenvalue weighted by Crippen LogP contribution is -2.51. The van der Waals surface area contributed by atoms with Gasteiger partial charge >= 0.3 is 0 Å². The van der Waals surface area contributed by atoms with Gasteiger partial charge in [0, 0.05) is 31.7 Å². The van der Waals surface area contributed by atoms with Crippen LogP contribution < -0.4 is 10.6 Å². The van der Waals surface area contributed by atoms with E-state index in [2.05, 4.69) is 47.4 Å². The summed E-state index contributed by atoms with van der Waals surface area (Å²) in [6.07, 6.45) is 11.8. The molecule has 1 amide bonds. The number of carbonyl (C=O) groups excluding carboxylic acids is 1. The molecule has 1 aromatic carbocycles. The Labute approximate surface area is 167 Å². The first-order chi connectivity index (χ1) is 13.5. The van der Waals surface area contributed by atoms with Crippen molar-refractivity contribution in [3.05, 3.63) is 48.1 Å². The van der Waals surface area contributed by atoms with Gasteiger partial charge in [-0.2, -0.15) is 0 Å². The lowest BCUT2D eigenvalue weighted by molar-refractivity contribution is -0.128. The van der Waals surface area contributed by atoms with Gasteiger partial charge in [0.25, 0.3) is 0 Å². The molecule has 2 atom stereocenters. The van der Waals surface area contributed by atoms with Crippen molar-refractivity contribution in [2.75, 3.05) is 25.0 Å². The average Bonchev–Trinajstić information content (AvgIpc) is 2.73. The summed E-state index contributed by atoms with van der Waals surface area (Å²) in [5.74, 6) is 0.504. The van der Waals surface area contributed by atoms with E-state index in [0.29, 0.717) is 12.4 Å². The van der Waals surface area contributed by atoms with Crippen LogP contribution in [0, 0.1) is 5.92 Å². The number of rotatable bonds is 3. The number of hydrogen-bond acceptors (Lipinski definition) is 4. The molecule has 0 bridgehead atoms. The van der Waals surface area contributed by atoms with Crippen molar-refractivity contribution in [3.63, 3.8) is 0 Å². The number of carbonyl (C=O) groups is 1. The molecule has 4 rings (SSSR count). The zero-order valence-corrected chi connectivity index (χ0v) is 16.9. The predicted octanol–water partition coefficient (Wildman–Crippen LogP) is 3.57. The number of guanidine groups is 1. The third-order valence-corrected chi connectivity index (χ3v) is 6.36. The van der Waals surface area contributed by atoms with Gasteiger partial charge in [0.15, 0.2) is 5.96 Å². The molecule has 148 valence electrons. The second kappa shape index (κ2) is 7.46. The Bertz CT molecular complexity index is 850. The van der Waals surface area contributed by atoms with Gasteiger partial charge in [-0.1, -0.05) is 30.4 Å². The SMILES string of the molecule is CN1C(=O)C[C@@](C)(C2C=C(c3cccc(N4CCCCC4)c3)C=CC2)N=C1N. The monoisotopic (exact) mass is 378 g/mol. The first-order valence-corrected chi connectivity index (χ1v) is 10.3. The molecule has 28 heavy (non-hydrogen) atoms. The Balaban J connectivity index is 1.61. The minimum atomic E-state index is -0.492. The first kappa shape index (κ1) is 18.8. The molecule has 1 aliphatic carbocycles. The summed E-state index contributed by atoms with van der Waals surface area (Å²) in [6.45, 7) is 4.33. The van der Waals surface area contributed by atoms with Gasteiger partial charge in [-0.05, 0) is 55.9 Å². The Hall–Kier alpha value is -2.56. The molecule has 3 aliphatic rings. The predicted molar refractivity (Wildman–Crippen MR) is 115 cm³/mol. The van der Waals surface area contributed by atoms with Crippen LogP contribution in [0.25, 0.3) is 5.57 Å². The van der Waals surface area contributed by atoms with Crippen molar-refractivity contribution < 1.29 is 4.79 Å². The normalized spacial score (nSPS) is 28.2. The zero-order chi connectivity index (χ0) is 19.7. The summed E-state index contributed by atoms with van der Waals surface area (Å²) >= 11 is 0. The molecule has 2 N–H and O–H groups in total. The lowest BCUT2D eigenvalue weighted by atomic mass is 9.76. The number of aliphatic imine (C=N–C) groups is 1. The van der Waals surface area contributed by atoms with Crippen molar-refractivity contribution in [1.82, 2.24) is 4.90 Å². The molecular formula is C23H30N4O. The van der Waals surface area contributed by atoms with Crippen LogP contribution in [0.1, 0.15) is 44.6 Å². The van der Waals surface area contributed by atoms with Crippen molar-refractivity contribution in [3.8, 4) is 0 Å². The minimum absolute atomic E-state index is 0.0339. The number of benzene rings is 1. The van der Waals surface area contributed by atoms with E-state index in [1.807, 2.05) is 6.92 Å². The van der Waals surface area contributed by atoms with Gasteiger partial charge in [-0.3, -0.25) is 9.69 Å². The number of hydrogen-bond donors (Lipinski definition) is 1. The van der Waals surface area contributed by atoms with Crippen LogP contribution in [0.3, 0.4) is 0 Å². The highest BCUT2D eigenvalue weighted by Crippen LogP contribution is 2.38. The quantitative estimate of drug-likeness (QED) is 0.875. The molecule has 5 nitrogen and oxygen atoms in total. The molecule has 0 spiro atoms. The maximum absolute atomic E-state index is 12.4. The highest BCUT2D eigenvalue weighted by molar-refractivity contribution is 5.98. The summed E-state index contributed by atoms with van der Waals surface area (Å²) in [7, 11) is 1.69. The fraction of sp³-hybridized carbons (Fsp3) is 0.478. The summed E-state index contributed by atoms with van der Waals surface area (Å²) in [5, 5.41) is 0. The lowest BCUT2D eigenvalue weighted by Gasteiger charge is -2.38. The van der Waals surface area contributed by atoms with E-state index in [4.69, 9.17) is 10.7 Å². The standard InChI is InChI=1S/C23H30N4O/c1-23(16-21(28)26(2)22(24)25-23)19-10-6-8-17(14-19)18-9-7-11-20(15-18)27-12-4-3-5-13-27/h6-9,11,14-15,19H,3-5,10,12-13,16H2,1-2H3,(H2,24,25)/t19?,23-/m0/s1. The van der Waals surface area contributed by atoms with Crippen molar-refractivity contribution in [2.45, 2.75) is 44.6 Å². The molecule has 0 saturated carbocycles. The Morgan fingerprint density at radius 1 is 1.21 bits per heavy atom. The van der Waals surface area contributed by atoms with Gasteiger partial charge in [0.2, 0.25) is 5.91 Å². The molecular weight excluding hydrogens is 348 g/mol. The van der Waals surface area contributed by atoms with Gasteiger partial charge in [-0.25, -0.2) is 4.99 Å². The van der Waals surface area contributed by atoms with Crippen molar-refractivity contribution in [1.29, 1.82) is 0 Å². The van der Waals surface area contributed by atoms with E-state index in [9.17, 15) is 4.79 Å². The van der Waals surface area contributed by atoms with E-state index in [1.165, 1.54) is 41.0 Å². The molecule has 0 radical (unpaired) electrons. The third-order valence-electron chi connectivity index (χ3n) is 6.36. The van der Waals surface area contributed by atoms with E-state index < -0.39 is 5.54 Å². The summed E-state index contributed by atoms with van der Waals surface area (Å²) < 4.78 is 0. The van der Waals surface area contributed by atoms with Crippen molar-refractivity contribution >= 4 is 23.1 Å². The fourth-order valence-electron chi connectivity index (χ4n) is 4.48. The molecule has 1 fully saturated rings. The maximum atomic E-state index is 12.4. The van der Waals surface area contributed by atoms with Crippen LogP contribution in [0.4, 0.5) is 5.69 Å². The molecule has 1 saturated heterocycles. The Kier molecular flexibility index (Phi) is 5.00. The van der Waals surface area contributed by atoms with Crippen LogP contribution in [0.2, 0.25) is 0 Å². The molecule has 1 aromatic rings. The summed E-state index contributed by atoms with van der Waals surface area (Å²) in [4.78, 5) is 21.0. The second-order valence-electron chi connectivity index (χ2n) is 8.42. The van der Waals surface area contributed by atoms with Crippen LogP contribution in [-0.4, -0.2) is 42.4 Å². The largest absolute Gasteiger partial charge is 0.372 e. The highest BCUT2D eigenvalue weighted by Gasteiger charge is 2.40. The van der Waals surface area contributed by atoms with E-state index >= 15 is 0 Å². The number of nitrogens with zero attached hydrogens (tertiary/aromatic N) is 3. The van der Waals surface area contributed by atoms with Crippen LogP contribution in [0.5, 0.6) is 0 Å². The first-order valence-electron chi connectivity index (χ1n) is 10.3. The number of amides is 1. The van der Waals surface area contributed by atoms with Gasteiger partial charge in [0.05, 0.1) is 12.0 Å². The molecule has 2 aliphatic heterocycles. The van der Waals surface area contributed by atoms with Gasteiger partial charge in [-0.15, -0.1) is 0 Å². The van der Waals surface area contributed by atoms with Crippen LogP contribution in [-0.2, 0) is 4.79 Å². The van der Waals surface area contributed by atoms with E-state index in [1.54, 1.807) is 7.05 Å². The number of piperidine rings is 1. The topological polar surface area (TPSA) is 61.9 Å². The van der Waals surface area contributed by atoms with E-state index in [0.717, 1.165) is 19.5 Å². The van der Waals surface area contributed by atoms with Crippen molar-refractivity contribution in [2.24, 2.45) is 16.6 Å². The van der Waals surface area contributed by atoms with E-state index in [-0.39, 0.29) is 11.8 Å². The van der Waals surface area contributed by atoms with Crippen LogP contribution >= 0.6 is 0 Å². The molecule has 2 heterocycles. The average molecular weight is 379 g/mol. The highest BCUT2D eigenvalue weighted by atomic mass is 16.2. The molecule has 0 aromatic heterocycles. The smallest absolute Gasteiger partial charge is 0.231 e. The molecule has 1 unspecified atom stereocenters. The summed E-state index contributed by atoms with van der Waals surface area (Å²) in [5.41, 5.74) is 9.25. The summed E-state index contributed by atoms with van der Waals surface area (Å²) in [6, 6.07) is 8.82. The Morgan fingerprint density at radius 3 is 2.75 bits per heavy atom. The number of allylic oxidation sites excluding steroid dienone is 3. The number of anilines is 1. The van der Waals surface area contributed by atoms with Gasteiger partial charge < -0.3 is 10.6 Å². The zero-order valence-electron chi connectivity index (χ0n) is 16.9. The van der Waals surface area contributed by atoms with Gasteiger partial charge in [0.1, 0.15) is 0 Å². The molecule has 5 heteroatoms. The minimum Gasteiger partial charge on any atom is -0.372 e. The fourth-order valence-corrected chi connectivity index (χ4v) is 4.48. The maximum Gasteiger partial charge on any atom is 0.231 e.